The number of carboxylic acid groups (broad SMARTS) is 1. The maximum atomic E-state index is 15.4. The van der Waals surface area contributed by atoms with Crippen LogP contribution in [0.2, 0.25) is 0 Å². The molecule has 226 valence electrons. The second-order valence-electron chi connectivity index (χ2n) is 10.5. The molecule has 0 aliphatic carbocycles. The van der Waals surface area contributed by atoms with Gasteiger partial charge in [-0.1, -0.05) is 12.1 Å². The summed E-state index contributed by atoms with van der Waals surface area (Å²) in [5.41, 5.74) is 0.176. The molecular formula is C32H24F5N3O4. The Morgan fingerprint density at radius 2 is 1.70 bits per heavy atom. The summed E-state index contributed by atoms with van der Waals surface area (Å²) in [5.74, 6) is -5.63. The molecule has 0 unspecified atom stereocenters. The van der Waals surface area contributed by atoms with Gasteiger partial charge in [0.05, 0.1) is 29.4 Å². The molecule has 1 aliphatic heterocycles. The Bertz CT molecular complexity index is 1920. The van der Waals surface area contributed by atoms with Gasteiger partial charge in [-0.05, 0) is 66.9 Å². The van der Waals surface area contributed by atoms with Crippen molar-refractivity contribution >= 4 is 17.0 Å². The molecule has 0 amide bonds. The quantitative estimate of drug-likeness (QED) is 0.186. The van der Waals surface area contributed by atoms with Gasteiger partial charge in [0.25, 0.3) is 5.88 Å². The largest absolute Gasteiger partial charge is 0.478 e. The number of ether oxygens (including phenoxy) is 2. The normalized spacial score (nSPS) is 14.5. The molecule has 5 aromatic rings. The highest BCUT2D eigenvalue weighted by atomic mass is 19.1. The number of pyridine rings is 1. The SMILES string of the molecule is Cc1ccc(COc2nc(-c3cc(F)c(Cc4nc5c(F)cc(C(=O)O)cc5n4C[C@@H]4CCO4)cc3F)ccc2F)c(F)c1. The van der Waals surface area contributed by atoms with Crippen molar-refractivity contribution in [2.45, 2.75) is 39.0 Å². The van der Waals surface area contributed by atoms with Crippen LogP contribution >= 0.6 is 0 Å². The molecule has 1 atom stereocenters. The zero-order valence-corrected chi connectivity index (χ0v) is 23.2. The van der Waals surface area contributed by atoms with Crippen LogP contribution in [0.25, 0.3) is 22.3 Å². The van der Waals surface area contributed by atoms with Crippen molar-refractivity contribution in [1.29, 1.82) is 0 Å². The van der Waals surface area contributed by atoms with Gasteiger partial charge in [0.2, 0.25) is 0 Å². The van der Waals surface area contributed by atoms with E-state index in [1.165, 1.54) is 18.2 Å². The van der Waals surface area contributed by atoms with Crippen LogP contribution in [0.3, 0.4) is 0 Å². The van der Waals surface area contributed by atoms with E-state index in [1.54, 1.807) is 17.6 Å². The van der Waals surface area contributed by atoms with Crippen LogP contribution in [-0.2, 0) is 24.3 Å². The zero-order valence-electron chi connectivity index (χ0n) is 23.2. The lowest BCUT2D eigenvalue weighted by molar-refractivity contribution is -0.0589. The molecule has 1 saturated heterocycles. The fourth-order valence-electron chi connectivity index (χ4n) is 5.00. The molecule has 0 bridgehead atoms. The smallest absolute Gasteiger partial charge is 0.335 e. The van der Waals surface area contributed by atoms with E-state index in [4.69, 9.17) is 9.47 Å². The number of benzene rings is 3. The van der Waals surface area contributed by atoms with Gasteiger partial charge < -0.3 is 19.1 Å². The summed E-state index contributed by atoms with van der Waals surface area (Å²) < 4.78 is 86.8. The van der Waals surface area contributed by atoms with E-state index in [-0.39, 0.29) is 70.5 Å². The number of halogens is 5. The Labute approximate surface area is 247 Å². The van der Waals surface area contributed by atoms with Crippen LogP contribution in [-0.4, -0.2) is 38.3 Å². The summed E-state index contributed by atoms with van der Waals surface area (Å²) in [6.45, 7) is 2.13. The standard InChI is InChI=1S/C32H24F5N3O4/c1-16-2-3-17(23(34)8-16)15-44-31-22(33)4-5-27(38-31)21-13-24(35)18(9-25(21)36)12-29-39-30-26(37)10-19(32(41)42)11-28(30)40(29)14-20-6-7-43-20/h2-5,8-11,13,20H,6-7,12,14-15H2,1H3,(H,41,42)/t20-/m0/s1. The van der Waals surface area contributed by atoms with E-state index in [9.17, 15) is 23.1 Å². The number of carboxylic acids is 1. The van der Waals surface area contributed by atoms with Gasteiger partial charge in [-0.15, -0.1) is 0 Å². The van der Waals surface area contributed by atoms with Crippen LogP contribution in [0.5, 0.6) is 5.88 Å². The molecule has 12 heteroatoms. The summed E-state index contributed by atoms with van der Waals surface area (Å²) in [5, 5.41) is 9.40. The van der Waals surface area contributed by atoms with Crippen LogP contribution in [0.1, 0.15) is 39.3 Å². The van der Waals surface area contributed by atoms with Gasteiger partial charge in [0, 0.05) is 24.2 Å². The lowest BCUT2D eigenvalue weighted by Gasteiger charge is -2.27. The first-order valence-electron chi connectivity index (χ1n) is 13.6. The molecule has 1 aliphatic rings. The third kappa shape index (κ3) is 5.72. The Hall–Kier alpha value is -4.84. The monoisotopic (exact) mass is 609 g/mol. The maximum Gasteiger partial charge on any atom is 0.335 e. The Balaban J connectivity index is 1.31. The van der Waals surface area contributed by atoms with E-state index in [1.807, 2.05) is 0 Å². The minimum absolute atomic E-state index is 0.101. The summed E-state index contributed by atoms with van der Waals surface area (Å²) in [6, 6.07) is 10.6. The zero-order chi connectivity index (χ0) is 31.1. The van der Waals surface area contributed by atoms with Crippen molar-refractivity contribution in [3.05, 3.63) is 112 Å². The highest BCUT2D eigenvalue weighted by Gasteiger charge is 2.25. The number of hydrogen-bond donors (Lipinski definition) is 1. The van der Waals surface area contributed by atoms with Gasteiger partial charge in [-0.25, -0.2) is 36.7 Å². The highest BCUT2D eigenvalue weighted by molar-refractivity contribution is 5.92. The third-order valence-corrected chi connectivity index (χ3v) is 7.46. The lowest BCUT2D eigenvalue weighted by atomic mass is 10.0. The first kappa shape index (κ1) is 29.2. The molecule has 1 N–H and O–H groups in total. The average Bonchev–Trinajstić information content (AvgIpc) is 3.30. The molecule has 0 radical (unpaired) electrons. The number of hydrogen-bond acceptors (Lipinski definition) is 5. The van der Waals surface area contributed by atoms with Crippen molar-refractivity contribution in [1.82, 2.24) is 14.5 Å². The van der Waals surface area contributed by atoms with E-state index in [0.29, 0.717) is 18.6 Å². The average molecular weight is 610 g/mol. The third-order valence-electron chi connectivity index (χ3n) is 7.46. The number of imidazole rings is 1. The van der Waals surface area contributed by atoms with Crippen molar-refractivity contribution < 1.29 is 41.3 Å². The van der Waals surface area contributed by atoms with Gasteiger partial charge in [0.15, 0.2) is 11.6 Å². The van der Waals surface area contributed by atoms with Crippen LogP contribution < -0.4 is 4.74 Å². The van der Waals surface area contributed by atoms with Gasteiger partial charge in [-0.3, -0.25) is 0 Å². The Morgan fingerprint density at radius 3 is 2.41 bits per heavy atom. The first-order valence-corrected chi connectivity index (χ1v) is 13.6. The van der Waals surface area contributed by atoms with Gasteiger partial charge in [-0.2, -0.15) is 0 Å². The number of fused-ring (bicyclic) bond motifs is 1. The topological polar surface area (TPSA) is 86.5 Å². The summed E-state index contributed by atoms with van der Waals surface area (Å²) >= 11 is 0. The molecule has 0 saturated carbocycles. The summed E-state index contributed by atoms with van der Waals surface area (Å²) in [6.07, 6.45) is 0.239. The molecule has 7 nitrogen and oxygen atoms in total. The molecule has 0 spiro atoms. The van der Waals surface area contributed by atoms with Crippen molar-refractivity contribution in [3.63, 3.8) is 0 Å². The van der Waals surface area contributed by atoms with E-state index >= 15 is 8.78 Å². The molecular weight excluding hydrogens is 585 g/mol. The Morgan fingerprint density at radius 1 is 0.932 bits per heavy atom. The van der Waals surface area contributed by atoms with Crippen molar-refractivity contribution in [3.8, 4) is 17.1 Å². The molecule has 1 fully saturated rings. The fourth-order valence-corrected chi connectivity index (χ4v) is 5.00. The van der Waals surface area contributed by atoms with Crippen molar-refractivity contribution in [2.75, 3.05) is 6.61 Å². The number of aromatic carboxylic acids is 1. The fraction of sp³-hybridized carbons (Fsp3) is 0.219. The predicted molar refractivity (Wildman–Crippen MR) is 149 cm³/mol. The molecule has 2 aromatic heterocycles. The molecule has 3 heterocycles. The first-order chi connectivity index (χ1) is 21.1. The summed E-state index contributed by atoms with van der Waals surface area (Å²) in [4.78, 5) is 19.8. The van der Waals surface area contributed by atoms with Crippen LogP contribution in [0.4, 0.5) is 22.0 Å². The second kappa shape index (κ2) is 11.7. The minimum atomic E-state index is -1.33. The van der Waals surface area contributed by atoms with Crippen LogP contribution in [0.15, 0.2) is 54.6 Å². The number of nitrogens with zero attached hydrogens (tertiary/aromatic N) is 3. The second-order valence-corrected chi connectivity index (χ2v) is 10.5. The van der Waals surface area contributed by atoms with Gasteiger partial charge >= 0.3 is 5.97 Å². The summed E-state index contributed by atoms with van der Waals surface area (Å²) in [7, 11) is 0. The van der Waals surface area contributed by atoms with E-state index in [0.717, 1.165) is 30.3 Å². The molecule has 6 rings (SSSR count). The van der Waals surface area contributed by atoms with E-state index < -0.39 is 40.9 Å². The van der Waals surface area contributed by atoms with E-state index in [2.05, 4.69) is 9.97 Å². The predicted octanol–water partition coefficient (Wildman–Crippen LogP) is 6.76. The van der Waals surface area contributed by atoms with Gasteiger partial charge in [0.1, 0.15) is 35.4 Å². The molecule has 44 heavy (non-hydrogen) atoms. The number of carbonyl (C=O) groups is 1. The highest BCUT2D eigenvalue weighted by Crippen LogP contribution is 2.30. The minimum Gasteiger partial charge on any atom is -0.478 e. The Kier molecular flexibility index (Phi) is 7.76. The maximum absolute atomic E-state index is 15.4. The lowest BCUT2D eigenvalue weighted by Crippen LogP contribution is -2.31. The number of rotatable bonds is 9. The molecule has 3 aromatic carbocycles. The number of aryl methyl sites for hydroxylation is 1. The van der Waals surface area contributed by atoms with Crippen molar-refractivity contribution in [2.24, 2.45) is 0 Å². The number of aromatic nitrogens is 3. The van der Waals surface area contributed by atoms with Crippen LogP contribution in [0, 0.1) is 36.0 Å².